The van der Waals surface area contributed by atoms with Crippen LogP contribution in [0.3, 0.4) is 0 Å². The van der Waals surface area contributed by atoms with Crippen LogP contribution in [0.4, 0.5) is 0 Å². The first-order valence-electron chi connectivity index (χ1n) is 9.60. The molecule has 1 amide bonds. The predicted octanol–water partition coefficient (Wildman–Crippen LogP) is 2.56. The maximum atomic E-state index is 12.6. The molecule has 0 unspecified atom stereocenters. The number of thiol groups is 1. The summed E-state index contributed by atoms with van der Waals surface area (Å²) in [5, 5.41) is 15.3. The van der Waals surface area contributed by atoms with Crippen LogP contribution in [-0.4, -0.2) is 41.4 Å². The number of carbonyl (C=O) groups is 1. The number of benzene rings is 2. The second-order valence-corrected chi connectivity index (χ2v) is 8.98. The number of nitrogens with zero attached hydrogens (tertiary/aromatic N) is 1. The second kappa shape index (κ2) is 10.2. The van der Waals surface area contributed by atoms with Crippen LogP contribution in [0.1, 0.15) is 17.5 Å². The molecule has 2 aromatic carbocycles. The summed E-state index contributed by atoms with van der Waals surface area (Å²) in [4.78, 5) is 12.6. The summed E-state index contributed by atoms with van der Waals surface area (Å²) in [7, 11) is 0. The first-order valence-corrected chi connectivity index (χ1v) is 11.4. The summed E-state index contributed by atoms with van der Waals surface area (Å²) in [6, 6.07) is 17.4. The van der Waals surface area contributed by atoms with E-state index in [0.29, 0.717) is 17.2 Å². The molecule has 1 saturated heterocycles. The van der Waals surface area contributed by atoms with Gasteiger partial charge < -0.3 is 16.4 Å². The van der Waals surface area contributed by atoms with Gasteiger partial charge in [-0.05, 0) is 47.9 Å². The van der Waals surface area contributed by atoms with Crippen molar-refractivity contribution in [2.75, 3.05) is 12.8 Å². The van der Waals surface area contributed by atoms with Gasteiger partial charge in [-0.15, -0.1) is 0 Å². The van der Waals surface area contributed by atoms with E-state index in [1.54, 1.807) is 11.8 Å². The Hall–Kier alpha value is -1.98. The lowest BCUT2D eigenvalue weighted by Crippen LogP contribution is -2.51. The van der Waals surface area contributed by atoms with Crippen LogP contribution in [0, 0.1) is 11.3 Å². The molecule has 0 saturated carbocycles. The third-order valence-corrected chi connectivity index (χ3v) is 6.62. The van der Waals surface area contributed by atoms with Crippen molar-refractivity contribution in [3.8, 4) is 17.2 Å². The first kappa shape index (κ1) is 21.7. The third-order valence-electron chi connectivity index (χ3n) is 5.24. The summed E-state index contributed by atoms with van der Waals surface area (Å²) in [6.07, 6.45) is 3.52. The molecule has 0 radical (unpaired) electrons. The van der Waals surface area contributed by atoms with E-state index in [1.807, 2.05) is 48.5 Å². The Kier molecular flexibility index (Phi) is 7.62. The van der Waals surface area contributed by atoms with Gasteiger partial charge in [-0.2, -0.15) is 29.7 Å². The maximum Gasteiger partial charge on any atom is 0.237 e. The van der Waals surface area contributed by atoms with Crippen molar-refractivity contribution in [2.24, 2.45) is 5.73 Å². The second-order valence-electron chi connectivity index (χ2n) is 7.25. The highest BCUT2D eigenvalue weighted by molar-refractivity contribution is 7.99. The van der Waals surface area contributed by atoms with Crippen LogP contribution < -0.4 is 16.4 Å². The summed E-state index contributed by atoms with van der Waals surface area (Å²) in [5.41, 5.74) is 9.89. The van der Waals surface area contributed by atoms with Crippen LogP contribution in [0.15, 0.2) is 48.5 Å². The average molecular weight is 427 g/mol. The minimum atomic E-state index is -0.449. The highest BCUT2D eigenvalue weighted by Crippen LogP contribution is 2.22. The molecular weight excluding hydrogens is 400 g/mol. The molecule has 5 nitrogen and oxygen atoms in total. The number of rotatable bonds is 7. The zero-order chi connectivity index (χ0) is 20.8. The minimum absolute atomic E-state index is 0.00903. The molecule has 4 N–H and O–H groups in total. The lowest BCUT2D eigenvalue weighted by atomic mass is 9.99. The van der Waals surface area contributed by atoms with E-state index in [1.165, 1.54) is 0 Å². The van der Waals surface area contributed by atoms with Crippen molar-refractivity contribution < 1.29 is 4.79 Å². The van der Waals surface area contributed by atoms with Gasteiger partial charge in [0.05, 0.1) is 29.1 Å². The Morgan fingerprint density at radius 1 is 1.28 bits per heavy atom. The molecular formula is C22H26N4OS2. The highest BCUT2D eigenvalue weighted by atomic mass is 32.2. The van der Waals surface area contributed by atoms with Crippen molar-refractivity contribution in [1.29, 1.82) is 5.26 Å². The molecule has 1 aliphatic rings. The van der Waals surface area contributed by atoms with Crippen molar-refractivity contribution in [3.63, 3.8) is 0 Å². The molecule has 152 valence electrons. The first-order chi connectivity index (χ1) is 14.0. The van der Waals surface area contributed by atoms with Crippen LogP contribution in [0.2, 0.25) is 0 Å². The summed E-state index contributed by atoms with van der Waals surface area (Å²) in [5.74, 6) is -0.00903. The monoisotopic (exact) mass is 426 g/mol. The predicted molar refractivity (Wildman–Crippen MR) is 123 cm³/mol. The maximum absolute atomic E-state index is 12.6. The average Bonchev–Trinajstić information content (AvgIpc) is 3.23. The normalized spacial score (nSPS) is 20.6. The quantitative estimate of drug-likeness (QED) is 0.404. The Labute approximate surface area is 181 Å². The molecule has 0 aliphatic carbocycles. The van der Waals surface area contributed by atoms with Crippen molar-refractivity contribution in [3.05, 3.63) is 59.7 Å². The molecule has 1 aliphatic heterocycles. The summed E-state index contributed by atoms with van der Waals surface area (Å²) >= 11 is 6.17. The fourth-order valence-electron chi connectivity index (χ4n) is 3.45. The standard InChI is InChI=1S/C22H26N4OS2/c1-29-18-11-20(25-13-18)22(27)26-19(21(24)28)10-14-2-6-16(7-3-14)17-8-4-15(12-23)5-9-17/h2-9,18-21,25,28H,10-11,13,24H2,1H3,(H,26,27)/t18-,19-,20-,21+/m0/s1. The molecule has 0 spiro atoms. The highest BCUT2D eigenvalue weighted by Gasteiger charge is 2.30. The van der Waals surface area contributed by atoms with E-state index in [-0.39, 0.29) is 18.0 Å². The van der Waals surface area contributed by atoms with Crippen molar-refractivity contribution >= 4 is 30.3 Å². The zero-order valence-corrected chi connectivity index (χ0v) is 18.0. The molecule has 2 aromatic rings. The molecule has 7 heteroatoms. The van der Waals surface area contributed by atoms with Gasteiger partial charge in [0, 0.05) is 11.8 Å². The topological polar surface area (TPSA) is 90.9 Å². The SMILES string of the molecule is CS[C@@H]1CN[C@H](C(=O)N[C@@H](Cc2ccc(-c3ccc(C#N)cc3)cc2)[C@H](N)S)C1. The van der Waals surface area contributed by atoms with Gasteiger partial charge in [0.15, 0.2) is 0 Å². The smallest absolute Gasteiger partial charge is 0.237 e. The lowest BCUT2D eigenvalue weighted by molar-refractivity contribution is -0.123. The number of thioether (sulfide) groups is 1. The minimum Gasteiger partial charge on any atom is -0.349 e. The fourth-order valence-corrected chi connectivity index (χ4v) is 4.28. The van der Waals surface area contributed by atoms with Crippen LogP contribution >= 0.6 is 24.4 Å². The largest absolute Gasteiger partial charge is 0.349 e. The molecule has 0 bridgehead atoms. The molecule has 3 rings (SSSR count). The van der Waals surface area contributed by atoms with Crippen LogP contribution in [-0.2, 0) is 11.2 Å². The number of hydrogen-bond donors (Lipinski definition) is 4. The van der Waals surface area contributed by atoms with Gasteiger partial charge in [0.1, 0.15) is 0 Å². The van der Waals surface area contributed by atoms with Crippen molar-refractivity contribution in [1.82, 2.24) is 10.6 Å². The van der Waals surface area contributed by atoms with Gasteiger partial charge in [0.25, 0.3) is 0 Å². The number of nitrogens with two attached hydrogens (primary N) is 1. The van der Waals surface area contributed by atoms with Gasteiger partial charge in [-0.3, -0.25) is 4.79 Å². The number of nitriles is 1. The molecule has 4 atom stereocenters. The van der Waals surface area contributed by atoms with E-state index < -0.39 is 5.37 Å². The number of carbonyl (C=O) groups excluding carboxylic acids is 1. The fraction of sp³-hybridized carbons (Fsp3) is 0.364. The molecule has 0 aromatic heterocycles. The lowest BCUT2D eigenvalue weighted by Gasteiger charge is -2.24. The van der Waals surface area contributed by atoms with Crippen LogP contribution in [0.5, 0.6) is 0 Å². The van der Waals surface area contributed by atoms with Gasteiger partial charge in [-0.1, -0.05) is 36.4 Å². The summed E-state index contributed by atoms with van der Waals surface area (Å²) in [6.45, 7) is 0.855. The Morgan fingerprint density at radius 2 is 1.90 bits per heavy atom. The molecule has 1 heterocycles. The van der Waals surface area contributed by atoms with Gasteiger partial charge in [0.2, 0.25) is 5.91 Å². The van der Waals surface area contributed by atoms with Gasteiger partial charge in [-0.25, -0.2) is 0 Å². The van der Waals surface area contributed by atoms with E-state index in [9.17, 15) is 4.79 Å². The zero-order valence-electron chi connectivity index (χ0n) is 16.3. The van der Waals surface area contributed by atoms with Crippen molar-refractivity contribution in [2.45, 2.75) is 35.5 Å². The molecule has 1 fully saturated rings. The van der Waals surface area contributed by atoms with Gasteiger partial charge >= 0.3 is 0 Å². The Bertz CT molecular complexity index is 862. The third kappa shape index (κ3) is 5.77. The Morgan fingerprint density at radius 3 is 2.41 bits per heavy atom. The van der Waals surface area contributed by atoms with E-state index in [2.05, 4.69) is 35.6 Å². The van der Waals surface area contributed by atoms with E-state index in [0.717, 1.165) is 29.7 Å². The van der Waals surface area contributed by atoms with Crippen LogP contribution in [0.25, 0.3) is 11.1 Å². The van der Waals surface area contributed by atoms with E-state index >= 15 is 0 Å². The molecule has 29 heavy (non-hydrogen) atoms. The summed E-state index contributed by atoms with van der Waals surface area (Å²) < 4.78 is 0. The Balaban J connectivity index is 1.63. The number of nitrogens with one attached hydrogen (secondary N) is 2. The van der Waals surface area contributed by atoms with E-state index in [4.69, 9.17) is 11.0 Å². The number of hydrogen-bond acceptors (Lipinski definition) is 6. The number of amides is 1.